The quantitative estimate of drug-likeness (QED) is 0.300. The number of fused-ring (bicyclic) bond motifs is 3. The Balaban J connectivity index is 1.77. The molecule has 2 unspecified atom stereocenters. The fourth-order valence-electron chi connectivity index (χ4n) is 9.42. The number of hydrogen-bond acceptors (Lipinski definition) is 5. The van der Waals surface area contributed by atoms with Crippen molar-refractivity contribution in [2.75, 3.05) is 7.05 Å². The Bertz CT molecular complexity index is 1000. The minimum Gasteiger partial charge on any atom is -0.454 e. The van der Waals surface area contributed by atoms with Crippen molar-refractivity contribution in [3.05, 3.63) is 23.8 Å². The van der Waals surface area contributed by atoms with E-state index >= 15 is 0 Å². The molecule has 0 heterocycles. The van der Waals surface area contributed by atoms with Gasteiger partial charge in [0, 0.05) is 35.8 Å². The normalized spacial score (nSPS) is 51.8. The van der Waals surface area contributed by atoms with E-state index in [-0.39, 0.29) is 34.9 Å². The van der Waals surface area contributed by atoms with Gasteiger partial charge in [0.2, 0.25) is 0 Å². The lowest BCUT2D eigenvalue weighted by molar-refractivity contribution is -0.263. The summed E-state index contributed by atoms with van der Waals surface area (Å²) in [4.78, 5) is 12.5. The minimum absolute atomic E-state index is 0.176. The van der Waals surface area contributed by atoms with E-state index in [0.717, 1.165) is 37.7 Å². The van der Waals surface area contributed by atoms with E-state index in [0.29, 0.717) is 19.3 Å². The molecule has 0 saturated heterocycles. The van der Waals surface area contributed by atoms with Crippen molar-refractivity contribution in [3.8, 4) is 18.4 Å². The van der Waals surface area contributed by atoms with Gasteiger partial charge < -0.3 is 15.2 Å². The molecule has 32 heavy (non-hydrogen) atoms. The average Bonchev–Trinajstić information content (AvgIpc) is 3.03. The Morgan fingerprint density at radius 2 is 2.12 bits per heavy atom. The molecule has 5 aliphatic carbocycles. The van der Waals surface area contributed by atoms with Gasteiger partial charge >= 0.3 is 5.97 Å². The average molecular weight is 435 g/mol. The number of carbonyl (C=O) groups is 1. The summed E-state index contributed by atoms with van der Waals surface area (Å²) < 4.78 is 6.31. The van der Waals surface area contributed by atoms with Crippen LogP contribution in [0.25, 0.3) is 0 Å². The first-order valence-corrected chi connectivity index (χ1v) is 12.0. The molecule has 4 fully saturated rings. The van der Waals surface area contributed by atoms with Gasteiger partial charge in [-0.2, -0.15) is 5.26 Å². The van der Waals surface area contributed by atoms with Gasteiger partial charge in [0.25, 0.3) is 0 Å². The zero-order valence-corrected chi connectivity index (χ0v) is 19.4. The third-order valence-electron chi connectivity index (χ3n) is 10.5. The lowest BCUT2D eigenvalue weighted by atomic mass is 9.29. The highest BCUT2D eigenvalue weighted by Gasteiger charge is 2.82. The second-order valence-corrected chi connectivity index (χ2v) is 11.1. The van der Waals surface area contributed by atoms with Gasteiger partial charge in [0.15, 0.2) is 0 Å². The van der Waals surface area contributed by atoms with Crippen LogP contribution in [0.4, 0.5) is 0 Å². The maximum absolute atomic E-state index is 12.5. The molecular weight excluding hydrogens is 400 g/mol. The van der Waals surface area contributed by atoms with E-state index in [1.165, 1.54) is 6.92 Å². The second-order valence-electron chi connectivity index (χ2n) is 11.1. The molecule has 0 aromatic heterocycles. The van der Waals surface area contributed by atoms with Crippen LogP contribution in [-0.2, 0) is 9.53 Å². The van der Waals surface area contributed by atoms with E-state index in [1.807, 2.05) is 7.05 Å². The molecule has 0 aromatic carbocycles. The first-order chi connectivity index (χ1) is 15.2. The first kappa shape index (κ1) is 21.7. The summed E-state index contributed by atoms with van der Waals surface area (Å²) in [5.41, 5.74) is -1.10. The summed E-state index contributed by atoms with van der Waals surface area (Å²) in [5, 5.41) is 23.8. The third kappa shape index (κ3) is 2.15. The molecule has 0 aromatic rings. The zero-order valence-electron chi connectivity index (χ0n) is 19.4. The molecule has 5 heteroatoms. The van der Waals surface area contributed by atoms with E-state index in [9.17, 15) is 15.2 Å². The summed E-state index contributed by atoms with van der Waals surface area (Å²) in [6.45, 7) is 3.74. The van der Waals surface area contributed by atoms with Crippen molar-refractivity contribution in [2.24, 2.45) is 28.1 Å². The number of nitrogens with zero attached hydrogens (tertiary/aromatic N) is 1. The molecule has 5 nitrogen and oxygen atoms in total. The molecule has 0 amide bonds. The third-order valence-corrected chi connectivity index (χ3v) is 10.5. The summed E-state index contributed by atoms with van der Waals surface area (Å²) in [6.07, 6.45) is 18.7. The van der Waals surface area contributed by atoms with E-state index < -0.39 is 16.4 Å². The number of aliphatic hydroxyl groups is 1. The molecule has 0 aliphatic heterocycles. The first-order valence-electron chi connectivity index (χ1n) is 12.0. The van der Waals surface area contributed by atoms with Gasteiger partial charge in [-0.3, -0.25) is 4.79 Å². The number of carbonyl (C=O) groups excluding carboxylic acids is 1. The predicted molar refractivity (Wildman–Crippen MR) is 121 cm³/mol. The lowest BCUT2D eigenvalue weighted by Crippen LogP contribution is -2.81. The van der Waals surface area contributed by atoms with Crippen LogP contribution in [0.2, 0.25) is 0 Å². The number of terminal acetylenes is 1. The molecule has 2 N–H and O–H groups in total. The molecule has 170 valence electrons. The number of aliphatic hydroxyl groups excluding tert-OH is 1. The van der Waals surface area contributed by atoms with Gasteiger partial charge in [-0.25, -0.2) is 0 Å². The zero-order chi connectivity index (χ0) is 23.0. The van der Waals surface area contributed by atoms with Crippen LogP contribution in [0.1, 0.15) is 65.2 Å². The Hall–Kier alpha value is -2.08. The number of esters is 1. The molecule has 0 bridgehead atoms. The largest absolute Gasteiger partial charge is 0.454 e. The van der Waals surface area contributed by atoms with Crippen molar-refractivity contribution in [3.63, 3.8) is 0 Å². The van der Waals surface area contributed by atoms with Crippen molar-refractivity contribution in [1.29, 1.82) is 5.26 Å². The van der Waals surface area contributed by atoms with Gasteiger partial charge in [-0.05, 0) is 69.9 Å². The summed E-state index contributed by atoms with van der Waals surface area (Å²) in [5.74, 6) is 3.38. The van der Waals surface area contributed by atoms with Crippen LogP contribution in [0.3, 0.4) is 0 Å². The van der Waals surface area contributed by atoms with Gasteiger partial charge in [0.1, 0.15) is 5.60 Å². The van der Waals surface area contributed by atoms with Crippen LogP contribution in [0.5, 0.6) is 0 Å². The van der Waals surface area contributed by atoms with Gasteiger partial charge in [0.05, 0.1) is 17.6 Å². The van der Waals surface area contributed by atoms with Crippen LogP contribution in [0, 0.1) is 51.8 Å². The smallest absolute Gasteiger partial charge is 0.303 e. The van der Waals surface area contributed by atoms with Crippen LogP contribution >= 0.6 is 0 Å². The number of ether oxygens (including phenoxy) is 1. The van der Waals surface area contributed by atoms with Crippen LogP contribution in [0.15, 0.2) is 23.8 Å². The molecule has 4 saturated carbocycles. The SMILES string of the molecule is C#C[C@]12CC[C@@H](O)C[C@H]1CCC1[C@]3(NC)CC/C(=C/C#N)[C@@]3(C)CC3(OC(C)=O)C=C[C@@]132. The number of nitriles is 1. The number of rotatable bonds is 2. The van der Waals surface area contributed by atoms with Crippen molar-refractivity contribution in [2.45, 2.75) is 82.5 Å². The Kier molecular flexibility index (Phi) is 4.57. The summed E-state index contributed by atoms with van der Waals surface area (Å²) >= 11 is 0. The van der Waals surface area contributed by atoms with Crippen molar-refractivity contribution in [1.82, 2.24) is 5.32 Å². The molecule has 5 rings (SSSR count). The maximum atomic E-state index is 12.5. The molecular formula is C27H34N2O3. The lowest BCUT2D eigenvalue weighted by Gasteiger charge is -2.76. The predicted octanol–water partition coefficient (Wildman–Crippen LogP) is 3.65. The minimum atomic E-state index is -0.787. The number of allylic oxidation sites excluding steroid dienone is 1. The summed E-state index contributed by atoms with van der Waals surface area (Å²) in [7, 11) is 2.04. The molecule has 5 aliphatic rings. The molecule has 0 radical (unpaired) electrons. The Morgan fingerprint density at radius 3 is 2.72 bits per heavy atom. The fraction of sp³-hybridized carbons (Fsp3) is 0.704. The monoisotopic (exact) mass is 434 g/mol. The highest BCUT2D eigenvalue weighted by atomic mass is 16.6. The van der Waals surface area contributed by atoms with Crippen molar-refractivity contribution < 1.29 is 14.6 Å². The second kappa shape index (κ2) is 6.72. The van der Waals surface area contributed by atoms with Crippen molar-refractivity contribution >= 4 is 5.97 Å². The number of hydrogen-bond donors (Lipinski definition) is 2. The Morgan fingerprint density at radius 1 is 1.34 bits per heavy atom. The molecule has 1 spiro atoms. The van der Waals surface area contributed by atoms with E-state index in [4.69, 9.17) is 11.2 Å². The highest BCUT2D eigenvalue weighted by molar-refractivity contribution is 5.68. The van der Waals surface area contributed by atoms with Crippen LogP contribution < -0.4 is 5.32 Å². The highest BCUT2D eigenvalue weighted by Crippen LogP contribution is 2.80. The van der Waals surface area contributed by atoms with Gasteiger partial charge in [-0.1, -0.05) is 24.5 Å². The Labute approximate surface area is 191 Å². The fourth-order valence-corrected chi connectivity index (χ4v) is 9.42. The van der Waals surface area contributed by atoms with Gasteiger partial charge in [-0.15, -0.1) is 6.42 Å². The van der Waals surface area contributed by atoms with E-state index in [2.05, 4.69) is 36.4 Å². The standard InChI is InChI=1S/C27H34N2O3/c1-5-24-11-9-21(31)16-20(24)6-7-22-26(24)14-13-25(26,32-18(2)30)17-23(3)19(10-15-28)8-12-27(22,23)29-4/h1,10,13-14,20-22,29,31H,6-9,11-12,16-17H2,2-4H3/b19-10-/t20-,21-,22?,23-,24+,25?,26+,27-/m1/s1. The van der Waals surface area contributed by atoms with E-state index in [1.54, 1.807) is 6.08 Å². The molecule has 8 atom stereocenters. The van der Waals surface area contributed by atoms with Crippen LogP contribution in [-0.4, -0.2) is 35.4 Å². The topological polar surface area (TPSA) is 82.3 Å². The summed E-state index contributed by atoms with van der Waals surface area (Å²) in [6, 6.07) is 2.27. The number of nitrogens with one attached hydrogen (secondary N) is 1. The maximum Gasteiger partial charge on any atom is 0.303 e.